The summed E-state index contributed by atoms with van der Waals surface area (Å²) in [6.45, 7) is 4.83. The second kappa shape index (κ2) is 7.31. The lowest BCUT2D eigenvalue weighted by Crippen LogP contribution is -2.13. The lowest BCUT2D eigenvalue weighted by Gasteiger charge is -2.12. The molecule has 138 valence electrons. The average Bonchev–Trinajstić information content (AvgIpc) is 2.92. The van der Waals surface area contributed by atoms with Gasteiger partial charge in [-0.05, 0) is 50.5 Å². The normalized spacial score (nSPS) is 13.7. The Bertz CT molecular complexity index is 975. The molecule has 1 N–H and O–H groups in total. The molecule has 3 heterocycles. The SMILES string of the molecule is Cc1ccc(C(=O)Nc2cc(-c3nnc4n3CCCCC4)ccc2C)cn1. The van der Waals surface area contributed by atoms with Crippen LogP contribution in [-0.4, -0.2) is 25.7 Å². The number of amides is 1. The molecule has 0 fully saturated rings. The minimum atomic E-state index is -0.164. The molecule has 0 aliphatic carbocycles. The van der Waals surface area contributed by atoms with Crippen molar-refractivity contribution in [3.05, 3.63) is 59.2 Å². The van der Waals surface area contributed by atoms with Gasteiger partial charge in [0.25, 0.3) is 5.91 Å². The minimum Gasteiger partial charge on any atom is -0.322 e. The smallest absolute Gasteiger partial charge is 0.257 e. The van der Waals surface area contributed by atoms with Gasteiger partial charge in [0.05, 0.1) is 5.56 Å². The van der Waals surface area contributed by atoms with E-state index in [1.54, 1.807) is 12.3 Å². The van der Waals surface area contributed by atoms with Crippen molar-refractivity contribution in [1.29, 1.82) is 0 Å². The second-order valence-electron chi connectivity index (χ2n) is 7.07. The van der Waals surface area contributed by atoms with Gasteiger partial charge in [0.1, 0.15) is 5.82 Å². The number of aromatic nitrogens is 4. The number of carbonyl (C=O) groups is 1. The van der Waals surface area contributed by atoms with Crippen LogP contribution in [0.1, 0.15) is 46.7 Å². The maximum atomic E-state index is 12.6. The highest BCUT2D eigenvalue weighted by Gasteiger charge is 2.17. The van der Waals surface area contributed by atoms with Crippen molar-refractivity contribution in [1.82, 2.24) is 19.7 Å². The summed E-state index contributed by atoms with van der Waals surface area (Å²) in [6.07, 6.45) is 6.11. The van der Waals surface area contributed by atoms with Crippen molar-refractivity contribution in [3.8, 4) is 11.4 Å². The van der Waals surface area contributed by atoms with Crippen molar-refractivity contribution in [2.24, 2.45) is 0 Å². The summed E-state index contributed by atoms with van der Waals surface area (Å²) in [7, 11) is 0. The molecule has 1 aliphatic heterocycles. The van der Waals surface area contributed by atoms with Crippen molar-refractivity contribution in [3.63, 3.8) is 0 Å². The van der Waals surface area contributed by atoms with Gasteiger partial charge < -0.3 is 9.88 Å². The summed E-state index contributed by atoms with van der Waals surface area (Å²) < 4.78 is 2.22. The molecule has 0 unspecified atom stereocenters. The molecule has 0 radical (unpaired) electrons. The lowest BCUT2D eigenvalue weighted by atomic mass is 10.1. The molecule has 0 bridgehead atoms. The van der Waals surface area contributed by atoms with Crippen molar-refractivity contribution in [2.75, 3.05) is 5.32 Å². The summed E-state index contributed by atoms with van der Waals surface area (Å²) in [6, 6.07) is 9.66. The first kappa shape index (κ1) is 17.4. The molecule has 4 rings (SSSR count). The fraction of sp³-hybridized carbons (Fsp3) is 0.333. The standard InChI is InChI=1S/C21H23N5O/c1-14-7-9-16(20-25-24-19-6-4-3-5-11-26(19)20)12-18(14)23-21(27)17-10-8-15(2)22-13-17/h7-10,12-13H,3-6,11H2,1-2H3,(H,23,27). The maximum Gasteiger partial charge on any atom is 0.257 e. The van der Waals surface area contributed by atoms with E-state index in [4.69, 9.17) is 0 Å². The van der Waals surface area contributed by atoms with Crippen LogP contribution in [0.15, 0.2) is 36.5 Å². The molecule has 0 atom stereocenters. The number of nitrogens with one attached hydrogen (secondary N) is 1. The Labute approximate surface area is 158 Å². The van der Waals surface area contributed by atoms with E-state index >= 15 is 0 Å². The fourth-order valence-corrected chi connectivity index (χ4v) is 3.39. The second-order valence-corrected chi connectivity index (χ2v) is 7.07. The lowest BCUT2D eigenvalue weighted by molar-refractivity contribution is 0.102. The molecule has 6 nitrogen and oxygen atoms in total. The van der Waals surface area contributed by atoms with Gasteiger partial charge in [-0.1, -0.05) is 18.6 Å². The Kier molecular flexibility index (Phi) is 4.71. The third kappa shape index (κ3) is 3.60. The number of hydrogen-bond acceptors (Lipinski definition) is 4. The van der Waals surface area contributed by atoms with Crippen LogP contribution in [0, 0.1) is 13.8 Å². The summed E-state index contributed by atoms with van der Waals surface area (Å²) in [5.41, 5.74) is 4.18. The number of fused-ring (bicyclic) bond motifs is 1. The van der Waals surface area contributed by atoms with Crippen molar-refractivity contribution < 1.29 is 4.79 Å². The first-order valence-corrected chi connectivity index (χ1v) is 9.39. The Morgan fingerprint density at radius 1 is 1.07 bits per heavy atom. The van der Waals surface area contributed by atoms with Crippen LogP contribution in [0.2, 0.25) is 0 Å². The van der Waals surface area contributed by atoms with E-state index in [-0.39, 0.29) is 5.91 Å². The monoisotopic (exact) mass is 361 g/mol. The van der Waals surface area contributed by atoms with Gasteiger partial charge in [0, 0.05) is 36.1 Å². The zero-order valence-electron chi connectivity index (χ0n) is 15.7. The van der Waals surface area contributed by atoms with Gasteiger partial charge in [-0.2, -0.15) is 0 Å². The quantitative estimate of drug-likeness (QED) is 0.767. The van der Waals surface area contributed by atoms with Gasteiger partial charge in [0.15, 0.2) is 5.82 Å². The Morgan fingerprint density at radius 3 is 2.78 bits per heavy atom. The summed E-state index contributed by atoms with van der Waals surface area (Å²) in [5.74, 6) is 1.77. The van der Waals surface area contributed by atoms with E-state index in [1.165, 1.54) is 6.42 Å². The first-order valence-electron chi connectivity index (χ1n) is 9.39. The summed E-state index contributed by atoms with van der Waals surface area (Å²) in [4.78, 5) is 16.8. The van der Waals surface area contributed by atoms with Crippen LogP contribution in [0.5, 0.6) is 0 Å². The van der Waals surface area contributed by atoms with E-state index in [0.29, 0.717) is 5.56 Å². The molecule has 1 aromatic carbocycles. The highest BCUT2D eigenvalue weighted by Crippen LogP contribution is 2.27. The topological polar surface area (TPSA) is 72.7 Å². The minimum absolute atomic E-state index is 0.164. The molecule has 1 amide bonds. The molecule has 0 saturated heterocycles. The van der Waals surface area contributed by atoms with Crippen LogP contribution < -0.4 is 5.32 Å². The Hall–Kier alpha value is -3.02. The van der Waals surface area contributed by atoms with E-state index in [9.17, 15) is 4.79 Å². The summed E-state index contributed by atoms with van der Waals surface area (Å²) >= 11 is 0. The number of pyridine rings is 1. The number of aryl methyl sites for hydroxylation is 3. The predicted octanol–water partition coefficient (Wildman–Crippen LogP) is 3.94. The number of hydrogen-bond donors (Lipinski definition) is 1. The molecular formula is C21H23N5O. The number of nitrogens with zero attached hydrogens (tertiary/aromatic N) is 4. The predicted molar refractivity (Wildman–Crippen MR) is 105 cm³/mol. The average molecular weight is 361 g/mol. The van der Waals surface area contributed by atoms with Crippen LogP contribution in [-0.2, 0) is 13.0 Å². The van der Waals surface area contributed by atoms with Crippen molar-refractivity contribution >= 4 is 11.6 Å². The number of carbonyl (C=O) groups excluding carboxylic acids is 1. The van der Waals surface area contributed by atoms with E-state index < -0.39 is 0 Å². The number of benzene rings is 1. The van der Waals surface area contributed by atoms with Crippen LogP contribution in [0.3, 0.4) is 0 Å². The molecule has 1 aliphatic rings. The fourth-order valence-electron chi connectivity index (χ4n) is 3.39. The highest BCUT2D eigenvalue weighted by atomic mass is 16.1. The third-order valence-corrected chi connectivity index (χ3v) is 5.03. The summed E-state index contributed by atoms with van der Waals surface area (Å²) in [5, 5.41) is 11.8. The molecule has 2 aromatic heterocycles. The van der Waals surface area contributed by atoms with Crippen LogP contribution in [0.4, 0.5) is 5.69 Å². The first-order chi connectivity index (χ1) is 13.1. The van der Waals surface area contributed by atoms with Crippen LogP contribution in [0.25, 0.3) is 11.4 Å². The van der Waals surface area contributed by atoms with Gasteiger partial charge in [0.2, 0.25) is 0 Å². The Morgan fingerprint density at radius 2 is 1.96 bits per heavy atom. The highest BCUT2D eigenvalue weighted by molar-refractivity contribution is 6.04. The molecule has 0 spiro atoms. The third-order valence-electron chi connectivity index (χ3n) is 5.03. The van der Waals surface area contributed by atoms with E-state index in [2.05, 4.69) is 25.1 Å². The van der Waals surface area contributed by atoms with Gasteiger partial charge in [-0.15, -0.1) is 10.2 Å². The molecule has 0 saturated carbocycles. The van der Waals surface area contributed by atoms with Gasteiger partial charge in [-0.25, -0.2) is 0 Å². The Balaban J connectivity index is 1.63. The van der Waals surface area contributed by atoms with E-state index in [0.717, 1.165) is 60.0 Å². The zero-order chi connectivity index (χ0) is 18.8. The van der Waals surface area contributed by atoms with E-state index in [1.807, 2.05) is 38.1 Å². The van der Waals surface area contributed by atoms with Gasteiger partial charge in [-0.3, -0.25) is 9.78 Å². The molecule has 3 aromatic rings. The van der Waals surface area contributed by atoms with Gasteiger partial charge >= 0.3 is 0 Å². The number of anilines is 1. The van der Waals surface area contributed by atoms with Crippen LogP contribution >= 0.6 is 0 Å². The largest absolute Gasteiger partial charge is 0.322 e. The molecular weight excluding hydrogens is 338 g/mol. The maximum absolute atomic E-state index is 12.6. The zero-order valence-corrected chi connectivity index (χ0v) is 15.7. The molecule has 6 heteroatoms. The molecule has 27 heavy (non-hydrogen) atoms. The van der Waals surface area contributed by atoms with Crippen molar-refractivity contribution in [2.45, 2.75) is 46.1 Å². The number of rotatable bonds is 3.